The van der Waals surface area contributed by atoms with Gasteiger partial charge in [0.15, 0.2) is 0 Å². The lowest BCUT2D eigenvalue weighted by Crippen LogP contribution is -2.37. The number of hydrogen-bond donors (Lipinski definition) is 3. The Kier molecular flexibility index (Phi) is 5.41. The van der Waals surface area contributed by atoms with Gasteiger partial charge < -0.3 is 20.4 Å². The van der Waals surface area contributed by atoms with Crippen LogP contribution in [0.3, 0.4) is 0 Å². The molecule has 4 nitrogen and oxygen atoms in total. The average Bonchev–Trinajstić information content (AvgIpc) is 2.35. The molecule has 0 fully saturated rings. The average molecular weight is 238 g/mol. The second-order valence-corrected chi connectivity index (χ2v) is 4.44. The molecule has 4 heteroatoms. The second kappa shape index (κ2) is 6.59. The van der Waals surface area contributed by atoms with Crippen molar-refractivity contribution < 1.29 is 10.2 Å². The van der Waals surface area contributed by atoms with Crippen molar-refractivity contribution in [2.45, 2.75) is 19.0 Å². The fourth-order valence-corrected chi connectivity index (χ4v) is 1.67. The van der Waals surface area contributed by atoms with Crippen LogP contribution in [0.2, 0.25) is 0 Å². The van der Waals surface area contributed by atoms with Crippen LogP contribution in [0.4, 0.5) is 5.69 Å². The van der Waals surface area contributed by atoms with Crippen LogP contribution in [-0.2, 0) is 0 Å². The summed E-state index contributed by atoms with van der Waals surface area (Å²) in [7, 11) is 4.01. The maximum Gasteiger partial charge on any atom is 0.0607 e. The molecule has 0 radical (unpaired) electrons. The normalized spacial score (nSPS) is 12.8. The quantitative estimate of drug-likeness (QED) is 0.685. The zero-order chi connectivity index (χ0) is 12.8. The Morgan fingerprint density at radius 2 is 1.65 bits per heavy atom. The van der Waals surface area contributed by atoms with E-state index in [1.807, 2.05) is 25.9 Å². The molecule has 0 aliphatic carbocycles. The third-order valence-electron chi connectivity index (χ3n) is 2.84. The maximum absolute atomic E-state index is 9.01. The number of benzene rings is 1. The van der Waals surface area contributed by atoms with Gasteiger partial charge in [-0.25, -0.2) is 0 Å². The fourth-order valence-electron chi connectivity index (χ4n) is 1.67. The van der Waals surface area contributed by atoms with E-state index >= 15 is 0 Å². The van der Waals surface area contributed by atoms with Crippen LogP contribution in [0, 0.1) is 0 Å². The lowest BCUT2D eigenvalue weighted by Gasteiger charge is -2.21. The Bertz CT molecular complexity index is 321. The molecule has 1 rings (SSSR count). The van der Waals surface area contributed by atoms with E-state index in [1.54, 1.807) is 0 Å². The van der Waals surface area contributed by atoms with Gasteiger partial charge in [-0.3, -0.25) is 0 Å². The number of aliphatic hydroxyl groups excluding tert-OH is 2. The summed E-state index contributed by atoms with van der Waals surface area (Å²) in [6.07, 6.45) is 0. The van der Waals surface area contributed by atoms with Crippen LogP contribution < -0.4 is 10.2 Å². The molecular weight excluding hydrogens is 216 g/mol. The molecule has 0 aliphatic rings. The van der Waals surface area contributed by atoms with Crippen molar-refractivity contribution in [3.8, 4) is 0 Å². The summed E-state index contributed by atoms with van der Waals surface area (Å²) >= 11 is 0. The molecular formula is C13H22N2O2. The van der Waals surface area contributed by atoms with Crippen LogP contribution in [0.1, 0.15) is 18.5 Å². The van der Waals surface area contributed by atoms with E-state index in [4.69, 9.17) is 10.2 Å². The van der Waals surface area contributed by atoms with E-state index in [-0.39, 0.29) is 25.3 Å². The molecule has 1 atom stereocenters. The highest BCUT2D eigenvalue weighted by Crippen LogP contribution is 2.17. The van der Waals surface area contributed by atoms with Gasteiger partial charge in [0.2, 0.25) is 0 Å². The van der Waals surface area contributed by atoms with Gasteiger partial charge in [-0.05, 0) is 24.6 Å². The topological polar surface area (TPSA) is 55.7 Å². The minimum absolute atomic E-state index is 0.0589. The number of nitrogens with zero attached hydrogens (tertiary/aromatic N) is 1. The third-order valence-corrected chi connectivity index (χ3v) is 2.84. The first kappa shape index (κ1) is 14.0. The molecule has 17 heavy (non-hydrogen) atoms. The predicted octanol–water partition coefficient (Wildman–Crippen LogP) is 0.756. The van der Waals surface area contributed by atoms with Crippen molar-refractivity contribution in [2.24, 2.45) is 0 Å². The summed E-state index contributed by atoms with van der Waals surface area (Å²) in [5, 5.41) is 21.2. The van der Waals surface area contributed by atoms with Crippen molar-refractivity contribution in [1.82, 2.24) is 5.32 Å². The van der Waals surface area contributed by atoms with Crippen LogP contribution in [0.25, 0.3) is 0 Å². The molecule has 3 N–H and O–H groups in total. The molecule has 0 heterocycles. The smallest absolute Gasteiger partial charge is 0.0607 e. The summed E-state index contributed by atoms with van der Waals surface area (Å²) in [5.41, 5.74) is 2.30. The summed E-state index contributed by atoms with van der Waals surface area (Å²) in [4.78, 5) is 2.05. The largest absolute Gasteiger partial charge is 0.395 e. The molecule has 0 aromatic heterocycles. The van der Waals surface area contributed by atoms with E-state index < -0.39 is 0 Å². The number of nitrogens with one attached hydrogen (secondary N) is 1. The maximum atomic E-state index is 9.01. The zero-order valence-electron chi connectivity index (χ0n) is 10.7. The van der Waals surface area contributed by atoms with Crippen LogP contribution in [0.15, 0.2) is 24.3 Å². The first-order chi connectivity index (χ1) is 8.08. The highest BCUT2D eigenvalue weighted by atomic mass is 16.3. The number of anilines is 1. The summed E-state index contributed by atoms with van der Waals surface area (Å²) < 4.78 is 0. The molecule has 0 bridgehead atoms. The monoisotopic (exact) mass is 238 g/mol. The molecule has 1 unspecified atom stereocenters. The predicted molar refractivity (Wildman–Crippen MR) is 70.3 cm³/mol. The molecule has 0 spiro atoms. The Morgan fingerprint density at radius 1 is 1.12 bits per heavy atom. The van der Waals surface area contributed by atoms with Crippen molar-refractivity contribution in [3.05, 3.63) is 29.8 Å². The Labute approximate surface area is 103 Å². The van der Waals surface area contributed by atoms with Crippen molar-refractivity contribution >= 4 is 5.69 Å². The number of aliphatic hydroxyl groups is 2. The lowest BCUT2D eigenvalue weighted by molar-refractivity contribution is 0.163. The molecule has 0 saturated carbocycles. The minimum atomic E-state index is -0.265. The number of hydrogen-bond acceptors (Lipinski definition) is 4. The zero-order valence-corrected chi connectivity index (χ0v) is 10.7. The van der Waals surface area contributed by atoms with Crippen LogP contribution in [-0.4, -0.2) is 43.6 Å². The third kappa shape index (κ3) is 4.00. The Hall–Kier alpha value is -1.10. The molecule has 1 aromatic rings. The Morgan fingerprint density at radius 3 is 2.06 bits per heavy atom. The van der Waals surface area contributed by atoms with Gasteiger partial charge in [-0.2, -0.15) is 0 Å². The fraction of sp³-hybridized carbons (Fsp3) is 0.538. The first-order valence-electron chi connectivity index (χ1n) is 5.83. The van der Waals surface area contributed by atoms with Gasteiger partial charge in [-0.15, -0.1) is 0 Å². The van der Waals surface area contributed by atoms with Crippen LogP contribution in [0.5, 0.6) is 0 Å². The van der Waals surface area contributed by atoms with E-state index in [0.29, 0.717) is 0 Å². The van der Waals surface area contributed by atoms with E-state index in [0.717, 1.165) is 11.3 Å². The van der Waals surface area contributed by atoms with Gasteiger partial charge in [0.1, 0.15) is 0 Å². The molecule has 1 aromatic carbocycles. The van der Waals surface area contributed by atoms with E-state index in [1.165, 1.54) is 0 Å². The van der Waals surface area contributed by atoms with Crippen molar-refractivity contribution in [2.75, 3.05) is 32.2 Å². The number of rotatable bonds is 6. The molecule has 0 saturated heterocycles. The van der Waals surface area contributed by atoms with Crippen LogP contribution >= 0.6 is 0 Å². The highest BCUT2D eigenvalue weighted by Gasteiger charge is 2.11. The first-order valence-corrected chi connectivity index (χ1v) is 5.83. The molecule has 0 aliphatic heterocycles. The van der Waals surface area contributed by atoms with Gasteiger partial charge in [-0.1, -0.05) is 12.1 Å². The second-order valence-electron chi connectivity index (χ2n) is 4.44. The summed E-state index contributed by atoms with van der Waals surface area (Å²) in [6.45, 7) is 1.90. The van der Waals surface area contributed by atoms with Crippen molar-refractivity contribution in [1.29, 1.82) is 0 Å². The van der Waals surface area contributed by atoms with Gasteiger partial charge >= 0.3 is 0 Å². The van der Waals surface area contributed by atoms with Gasteiger partial charge in [0.05, 0.1) is 19.3 Å². The molecule has 96 valence electrons. The summed E-state index contributed by atoms with van der Waals surface area (Å²) in [5.74, 6) is 0. The highest BCUT2D eigenvalue weighted by molar-refractivity contribution is 5.46. The lowest BCUT2D eigenvalue weighted by atomic mass is 10.1. The van der Waals surface area contributed by atoms with E-state index in [9.17, 15) is 0 Å². The van der Waals surface area contributed by atoms with Gasteiger partial charge in [0.25, 0.3) is 0 Å². The standard InChI is InChI=1S/C13H22N2O2/c1-10(14-12(8-16)9-17)11-4-6-13(7-5-11)15(2)3/h4-7,10,12,14,16-17H,8-9H2,1-3H3. The minimum Gasteiger partial charge on any atom is -0.395 e. The Balaban J connectivity index is 2.66. The SMILES string of the molecule is CC(NC(CO)CO)c1ccc(N(C)C)cc1. The van der Waals surface area contributed by atoms with E-state index in [2.05, 4.69) is 29.6 Å². The summed E-state index contributed by atoms with van der Waals surface area (Å²) in [6, 6.07) is 8.06. The van der Waals surface area contributed by atoms with Crippen molar-refractivity contribution in [3.63, 3.8) is 0 Å². The molecule has 0 amide bonds. The van der Waals surface area contributed by atoms with Gasteiger partial charge in [0, 0.05) is 25.8 Å².